The second-order valence-corrected chi connectivity index (χ2v) is 14.5. The van der Waals surface area contributed by atoms with Gasteiger partial charge in [-0.3, -0.25) is 0 Å². The molecular formula is C22H30N2O7S3. The van der Waals surface area contributed by atoms with Crippen LogP contribution in [0.3, 0.4) is 0 Å². The van der Waals surface area contributed by atoms with E-state index in [0.717, 1.165) is 9.87 Å². The minimum Gasteiger partial charge on any atom is -0.390 e. The van der Waals surface area contributed by atoms with Crippen molar-refractivity contribution in [3.05, 3.63) is 58.7 Å². The number of aryl methyl sites for hydroxylation is 4. The summed E-state index contributed by atoms with van der Waals surface area (Å²) in [5, 5.41) is 10.4. The van der Waals surface area contributed by atoms with Crippen molar-refractivity contribution in [3.63, 3.8) is 0 Å². The third-order valence-electron chi connectivity index (χ3n) is 5.85. The Kier molecular flexibility index (Phi) is 7.61. The summed E-state index contributed by atoms with van der Waals surface area (Å²) < 4.78 is 80.6. The molecule has 0 spiro atoms. The molecule has 2 aromatic rings. The Balaban J connectivity index is 1.94. The summed E-state index contributed by atoms with van der Waals surface area (Å²) in [4.78, 5) is 0.0706. The molecule has 34 heavy (non-hydrogen) atoms. The van der Waals surface area contributed by atoms with Gasteiger partial charge in [-0.2, -0.15) is 4.31 Å². The molecule has 2 N–H and O–H groups in total. The molecule has 9 nitrogen and oxygen atoms in total. The van der Waals surface area contributed by atoms with Gasteiger partial charge in [-0.15, -0.1) is 0 Å². The standard InChI is InChI=1S/C22H30N2O7S3/c1-15-5-7-17(3)21(11-15)33(28,29)23-9-10-24(19-13-32(26,27)14-20(19)25)34(30,31)22-12-16(2)6-8-18(22)4/h5-8,11-12,19-20,23,25H,9-10,13-14H2,1-4H3/t19-,20+/m1/s1. The van der Waals surface area contributed by atoms with Crippen molar-refractivity contribution in [1.29, 1.82) is 0 Å². The Bertz CT molecular complexity index is 1400. The Morgan fingerprint density at radius 2 is 1.44 bits per heavy atom. The topological polar surface area (TPSA) is 138 Å². The zero-order valence-electron chi connectivity index (χ0n) is 19.5. The van der Waals surface area contributed by atoms with Gasteiger partial charge in [-0.1, -0.05) is 24.3 Å². The number of nitrogens with zero attached hydrogens (tertiary/aromatic N) is 1. The van der Waals surface area contributed by atoms with Gasteiger partial charge >= 0.3 is 0 Å². The Morgan fingerprint density at radius 1 is 0.912 bits per heavy atom. The number of sulfone groups is 1. The SMILES string of the molecule is Cc1ccc(C)c(S(=O)(=O)NCCN([C@@H]2CS(=O)(=O)C[C@@H]2O)S(=O)(=O)c2cc(C)ccc2C)c1. The van der Waals surface area contributed by atoms with E-state index >= 15 is 0 Å². The molecule has 1 heterocycles. The zero-order valence-corrected chi connectivity index (χ0v) is 22.0. The molecule has 188 valence electrons. The van der Waals surface area contributed by atoms with Crippen molar-refractivity contribution < 1.29 is 30.4 Å². The molecule has 0 unspecified atom stereocenters. The number of nitrogens with one attached hydrogen (secondary N) is 1. The van der Waals surface area contributed by atoms with Crippen LogP contribution in [0.15, 0.2) is 46.2 Å². The van der Waals surface area contributed by atoms with E-state index in [1.54, 1.807) is 52.0 Å². The van der Waals surface area contributed by atoms with Crippen molar-refractivity contribution in [2.24, 2.45) is 0 Å². The highest BCUT2D eigenvalue weighted by Crippen LogP contribution is 2.28. The van der Waals surface area contributed by atoms with E-state index in [1.807, 2.05) is 0 Å². The Labute approximate surface area is 201 Å². The number of hydrogen-bond donors (Lipinski definition) is 2. The molecule has 0 amide bonds. The molecule has 2 atom stereocenters. The van der Waals surface area contributed by atoms with Gasteiger partial charge in [-0.05, 0) is 62.1 Å². The largest absolute Gasteiger partial charge is 0.390 e. The van der Waals surface area contributed by atoms with E-state index in [9.17, 15) is 30.4 Å². The van der Waals surface area contributed by atoms with E-state index < -0.39 is 53.5 Å². The Hall–Kier alpha value is -1.83. The maximum atomic E-state index is 13.6. The van der Waals surface area contributed by atoms with Crippen LogP contribution in [0, 0.1) is 27.7 Å². The maximum absolute atomic E-state index is 13.6. The lowest BCUT2D eigenvalue weighted by molar-refractivity contribution is 0.128. The average molecular weight is 531 g/mol. The van der Waals surface area contributed by atoms with Gasteiger partial charge in [0.15, 0.2) is 9.84 Å². The molecule has 0 bridgehead atoms. The first-order chi connectivity index (χ1) is 15.6. The van der Waals surface area contributed by atoms with Gasteiger partial charge in [-0.25, -0.2) is 30.0 Å². The lowest BCUT2D eigenvalue weighted by atomic mass is 10.2. The fraction of sp³-hybridized carbons (Fsp3) is 0.455. The molecule has 0 saturated carbocycles. The smallest absolute Gasteiger partial charge is 0.243 e. The van der Waals surface area contributed by atoms with Gasteiger partial charge in [0.1, 0.15) is 0 Å². The van der Waals surface area contributed by atoms with Gasteiger partial charge < -0.3 is 5.11 Å². The minimum atomic E-state index is -4.24. The molecule has 1 fully saturated rings. The second-order valence-electron chi connectivity index (χ2n) is 8.76. The van der Waals surface area contributed by atoms with Crippen LogP contribution in [0.2, 0.25) is 0 Å². The van der Waals surface area contributed by atoms with Crippen LogP contribution in [0.5, 0.6) is 0 Å². The third-order valence-corrected chi connectivity index (χ3v) is 11.2. The van der Waals surface area contributed by atoms with Gasteiger partial charge in [0.2, 0.25) is 20.0 Å². The van der Waals surface area contributed by atoms with Crippen molar-refractivity contribution in [2.45, 2.75) is 49.6 Å². The van der Waals surface area contributed by atoms with Gasteiger partial charge in [0, 0.05) is 13.1 Å². The van der Waals surface area contributed by atoms with E-state index in [4.69, 9.17) is 0 Å². The molecule has 1 aliphatic rings. The summed E-state index contributed by atoms with van der Waals surface area (Å²) in [6, 6.07) is 8.65. The molecule has 1 saturated heterocycles. The monoisotopic (exact) mass is 530 g/mol. The van der Waals surface area contributed by atoms with Crippen LogP contribution in [0.25, 0.3) is 0 Å². The summed E-state index contributed by atoms with van der Waals surface area (Å²) in [7, 11) is -11.8. The first-order valence-electron chi connectivity index (χ1n) is 10.7. The summed E-state index contributed by atoms with van der Waals surface area (Å²) in [6.45, 7) is 6.12. The summed E-state index contributed by atoms with van der Waals surface area (Å²) in [5.74, 6) is -1.09. The van der Waals surface area contributed by atoms with E-state index in [0.29, 0.717) is 16.7 Å². The van der Waals surface area contributed by atoms with E-state index in [2.05, 4.69) is 4.72 Å². The predicted octanol–water partition coefficient (Wildman–Crippen LogP) is 1.05. The van der Waals surface area contributed by atoms with Crippen molar-refractivity contribution >= 4 is 29.9 Å². The van der Waals surface area contributed by atoms with Gasteiger partial charge in [0.25, 0.3) is 0 Å². The lowest BCUT2D eigenvalue weighted by Crippen LogP contribution is -2.49. The first-order valence-corrected chi connectivity index (χ1v) is 15.4. The molecule has 2 aromatic carbocycles. The van der Waals surface area contributed by atoms with Crippen LogP contribution in [0.4, 0.5) is 0 Å². The third kappa shape index (κ3) is 5.69. The highest BCUT2D eigenvalue weighted by Gasteiger charge is 2.45. The fourth-order valence-corrected chi connectivity index (χ4v) is 9.24. The lowest BCUT2D eigenvalue weighted by Gasteiger charge is -2.30. The number of aliphatic hydroxyl groups is 1. The molecule has 3 rings (SSSR count). The number of aliphatic hydroxyl groups excluding tert-OH is 1. The molecule has 0 aromatic heterocycles. The summed E-state index contributed by atoms with van der Waals surface area (Å²) in [6.07, 6.45) is -1.42. The number of hydrogen-bond acceptors (Lipinski definition) is 7. The zero-order chi connectivity index (χ0) is 25.5. The predicted molar refractivity (Wildman–Crippen MR) is 129 cm³/mol. The Morgan fingerprint density at radius 3 is 1.97 bits per heavy atom. The van der Waals surface area contributed by atoms with Crippen LogP contribution >= 0.6 is 0 Å². The highest BCUT2D eigenvalue weighted by molar-refractivity contribution is 7.92. The van der Waals surface area contributed by atoms with Crippen LogP contribution < -0.4 is 4.72 Å². The molecule has 0 aliphatic carbocycles. The number of rotatable bonds is 8. The van der Waals surface area contributed by atoms with Crippen molar-refractivity contribution in [2.75, 3.05) is 24.6 Å². The average Bonchev–Trinajstić information content (AvgIpc) is 3.00. The number of benzene rings is 2. The van der Waals surface area contributed by atoms with Gasteiger partial charge in [0.05, 0.1) is 33.4 Å². The maximum Gasteiger partial charge on any atom is 0.243 e. The minimum absolute atomic E-state index is 0.0126. The number of sulfonamides is 2. The summed E-state index contributed by atoms with van der Waals surface area (Å²) in [5.41, 5.74) is 2.45. The van der Waals surface area contributed by atoms with Crippen molar-refractivity contribution in [3.8, 4) is 0 Å². The summed E-state index contributed by atoms with van der Waals surface area (Å²) >= 11 is 0. The quantitative estimate of drug-likeness (QED) is 0.520. The molecule has 12 heteroatoms. The van der Waals surface area contributed by atoms with Crippen LogP contribution in [0.1, 0.15) is 22.3 Å². The first kappa shape index (κ1) is 26.8. The fourth-order valence-electron chi connectivity index (χ4n) is 4.03. The second kappa shape index (κ2) is 9.67. The van der Waals surface area contributed by atoms with Crippen LogP contribution in [-0.2, 0) is 29.9 Å². The van der Waals surface area contributed by atoms with Crippen molar-refractivity contribution in [1.82, 2.24) is 9.03 Å². The molecule has 0 radical (unpaired) electrons. The van der Waals surface area contributed by atoms with Crippen LogP contribution in [-0.4, -0.2) is 71.4 Å². The molecular weight excluding hydrogens is 500 g/mol. The van der Waals surface area contributed by atoms with E-state index in [1.165, 1.54) is 12.1 Å². The molecule has 1 aliphatic heterocycles. The van der Waals surface area contributed by atoms with E-state index in [-0.39, 0.29) is 22.9 Å². The highest BCUT2D eigenvalue weighted by atomic mass is 32.2. The normalized spacial score (nSPS) is 20.6.